The van der Waals surface area contributed by atoms with Gasteiger partial charge in [-0.3, -0.25) is 15.4 Å². The molecule has 1 aromatic heterocycles. The minimum absolute atomic E-state index is 0. The molecule has 2 heterocycles. The van der Waals surface area contributed by atoms with Crippen LogP contribution in [0.15, 0.2) is 0 Å². The van der Waals surface area contributed by atoms with Gasteiger partial charge in [0.05, 0.1) is 12.6 Å². The smallest absolute Gasteiger partial charge is 0.262 e. The third-order valence-corrected chi connectivity index (χ3v) is 3.73. The molecule has 2 N–H and O–H groups in total. The first-order valence-corrected chi connectivity index (χ1v) is 6.44. The molecule has 0 bridgehead atoms. The third-order valence-electron chi connectivity index (χ3n) is 2.59. The Labute approximate surface area is 119 Å². The third kappa shape index (κ3) is 4.05. The largest absolute Gasteiger partial charge is 0.300 e. The molecule has 0 radical (unpaired) electrons. The molecule has 0 aliphatic carbocycles. The fraction of sp³-hybridized carbons (Fsp3) is 0.700. The van der Waals surface area contributed by atoms with Crippen LogP contribution in [0.1, 0.15) is 31.2 Å². The minimum atomic E-state index is -2.81. The second-order valence-electron chi connectivity index (χ2n) is 4.58. The summed E-state index contributed by atoms with van der Waals surface area (Å²) in [5.41, 5.74) is 0. The molecule has 1 amide bonds. The van der Waals surface area contributed by atoms with Gasteiger partial charge in [-0.15, -0.1) is 22.6 Å². The lowest BCUT2D eigenvalue weighted by Gasteiger charge is -2.08. The topological polar surface area (TPSA) is 66.9 Å². The zero-order valence-corrected chi connectivity index (χ0v) is 12.1. The van der Waals surface area contributed by atoms with Crippen LogP contribution in [0.5, 0.6) is 0 Å². The molecule has 1 fully saturated rings. The van der Waals surface area contributed by atoms with Gasteiger partial charge in [0.15, 0.2) is 0 Å². The van der Waals surface area contributed by atoms with Crippen molar-refractivity contribution >= 4 is 34.8 Å². The highest BCUT2D eigenvalue weighted by atomic mass is 35.5. The van der Waals surface area contributed by atoms with Gasteiger partial charge in [-0.25, -0.2) is 8.78 Å². The Kier molecular flexibility index (Phi) is 5.17. The number of hydrogen-bond acceptors (Lipinski definition) is 5. The lowest BCUT2D eigenvalue weighted by atomic mass is 10.2. The van der Waals surface area contributed by atoms with Crippen LogP contribution in [-0.2, 0) is 4.79 Å². The molecule has 1 saturated heterocycles. The van der Waals surface area contributed by atoms with Crippen molar-refractivity contribution < 1.29 is 13.6 Å². The Morgan fingerprint density at radius 3 is 2.68 bits per heavy atom. The van der Waals surface area contributed by atoms with Crippen LogP contribution < -0.4 is 10.6 Å². The lowest BCUT2D eigenvalue weighted by Crippen LogP contribution is -2.35. The normalized spacial score (nSPS) is 21.2. The highest BCUT2D eigenvalue weighted by Gasteiger charge is 2.42. The van der Waals surface area contributed by atoms with Crippen LogP contribution in [0.3, 0.4) is 0 Å². The Morgan fingerprint density at radius 2 is 2.21 bits per heavy atom. The molecule has 19 heavy (non-hydrogen) atoms. The van der Waals surface area contributed by atoms with E-state index in [0.29, 0.717) is 5.13 Å². The Hall–Kier alpha value is -0.860. The quantitative estimate of drug-likeness (QED) is 0.896. The summed E-state index contributed by atoms with van der Waals surface area (Å²) in [4.78, 5) is 11.7. The van der Waals surface area contributed by atoms with Gasteiger partial charge in [0.25, 0.3) is 5.92 Å². The number of nitrogens with one attached hydrogen (secondary N) is 2. The molecule has 1 unspecified atom stereocenters. The van der Waals surface area contributed by atoms with Crippen molar-refractivity contribution in [2.75, 3.05) is 11.9 Å². The molecule has 9 heteroatoms. The number of amides is 1. The van der Waals surface area contributed by atoms with Crippen LogP contribution in [0, 0.1) is 0 Å². The van der Waals surface area contributed by atoms with Crippen molar-refractivity contribution in [1.29, 1.82) is 0 Å². The minimum Gasteiger partial charge on any atom is -0.300 e. The zero-order valence-electron chi connectivity index (χ0n) is 10.4. The van der Waals surface area contributed by atoms with E-state index >= 15 is 0 Å². The number of carbonyl (C=O) groups is 1. The maximum absolute atomic E-state index is 12.9. The number of alkyl halides is 2. The highest BCUT2D eigenvalue weighted by molar-refractivity contribution is 7.15. The molecule has 2 rings (SSSR count). The fourth-order valence-corrected chi connectivity index (χ4v) is 2.36. The van der Waals surface area contributed by atoms with Crippen LogP contribution in [-0.4, -0.2) is 34.6 Å². The van der Waals surface area contributed by atoms with Gasteiger partial charge in [0.2, 0.25) is 11.0 Å². The molecule has 1 aliphatic rings. The Bertz CT molecular complexity index is 454. The second kappa shape index (κ2) is 6.06. The van der Waals surface area contributed by atoms with E-state index in [2.05, 4.69) is 20.8 Å². The van der Waals surface area contributed by atoms with Gasteiger partial charge in [-0.2, -0.15) is 0 Å². The SMILES string of the molecule is CC(C)c1nnc(NC(=O)C2CC(F)(F)CN2)s1.Cl. The Morgan fingerprint density at radius 1 is 1.53 bits per heavy atom. The van der Waals surface area contributed by atoms with E-state index in [4.69, 9.17) is 0 Å². The average Bonchev–Trinajstić information content (AvgIpc) is 2.84. The van der Waals surface area contributed by atoms with E-state index in [0.717, 1.165) is 5.01 Å². The molecule has 5 nitrogen and oxygen atoms in total. The number of anilines is 1. The standard InChI is InChI=1S/C10H14F2N4OS.ClH/c1-5(2)8-15-16-9(18-8)14-7(17)6-3-10(11,12)4-13-6;/h5-6,13H,3-4H2,1-2H3,(H,14,16,17);1H. The zero-order chi connectivity index (χ0) is 13.3. The van der Waals surface area contributed by atoms with Gasteiger partial charge < -0.3 is 0 Å². The second-order valence-corrected chi connectivity index (χ2v) is 5.59. The van der Waals surface area contributed by atoms with E-state index in [1.165, 1.54) is 11.3 Å². The van der Waals surface area contributed by atoms with E-state index < -0.39 is 30.8 Å². The molecular formula is C10H15ClF2N4OS. The number of aromatic nitrogens is 2. The summed E-state index contributed by atoms with van der Waals surface area (Å²) >= 11 is 1.26. The first-order valence-electron chi connectivity index (χ1n) is 5.63. The molecule has 108 valence electrons. The highest BCUT2D eigenvalue weighted by Crippen LogP contribution is 2.27. The summed E-state index contributed by atoms with van der Waals surface area (Å²) in [6.45, 7) is 3.47. The number of hydrogen-bond donors (Lipinski definition) is 2. The summed E-state index contributed by atoms with van der Waals surface area (Å²) in [6, 6.07) is -0.869. The lowest BCUT2D eigenvalue weighted by molar-refractivity contribution is -0.118. The summed E-state index contributed by atoms with van der Waals surface area (Å²) in [7, 11) is 0. The van der Waals surface area contributed by atoms with Crippen molar-refractivity contribution in [3.63, 3.8) is 0 Å². The molecule has 0 aromatic carbocycles. The van der Waals surface area contributed by atoms with Gasteiger partial charge >= 0.3 is 0 Å². The average molecular weight is 313 g/mol. The molecule has 0 saturated carbocycles. The fourth-order valence-electron chi connectivity index (χ4n) is 1.61. The van der Waals surface area contributed by atoms with Gasteiger partial charge in [-0.05, 0) is 0 Å². The van der Waals surface area contributed by atoms with Crippen LogP contribution in [0.4, 0.5) is 13.9 Å². The van der Waals surface area contributed by atoms with E-state index in [1.807, 2.05) is 13.8 Å². The van der Waals surface area contributed by atoms with Crippen molar-refractivity contribution in [3.8, 4) is 0 Å². The molecule has 1 aromatic rings. The molecule has 1 aliphatic heterocycles. The van der Waals surface area contributed by atoms with Gasteiger partial charge in [0, 0.05) is 12.3 Å². The first-order chi connectivity index (χ1) is 8.37. The van der Waals surface area contributed by atoms with Gasteiger partial charge in [-0.1, -0.05) is 25.2 Å². The maximum atomic E-state index is 12.9. The monoisotopic (exact) mass is 312 g/mol. The van der Waals surface area contributed by atoms with E-state index in [-0.39, 0.29) is 18.3 Å². The van der Waals surface area contributed by atoms with Crippen LogP contribution >= 0.6 is 23.7 Å². The Balaban J connectivity index is 0.00000180. The number of rotatable bonds is 3. The maximum Gasteiger partial charge on any atom is 0.262 e. The van der Waals surface area contributed by atoms with Crippen molar-refractivity contribution in [2.24, 2.45) is 0 Å². The van der Waals surface area contributed by atoms with Crippen molar-refractivity contribution in [3.05, 3.63) is 5.01 Å². The van der Waals surface area contributed by atoms with Gasteiger partial charge in [0.1, 0.15) is 5.01 Å². The van der Waals surface area contributed by atoms with Crippen molar-refractivity contribution in [2.45, 2.75) is 38.2 Å². The number of nitrogens with zero attached hydrogens (tertiary/aromatic N) is 2. The number of halogens is 3. The van der Waals surface area contributed by atoms with Crippen LogP contribution in [0.2, 0.25) is 0 Å². The van der Waals surface area contributed by atoms with E-state index in [9.17, 15) is 13.6 Å². The summed E-state index contributed by atoms with van der Waals surface area (Å²) in [5.74, 6) is -3.08. The van der Waals surface area contributed by atoms with E-state index in [1.54, 1.807) is 0 Å². The molecular weight excluding hydrogens is 298 g/mol. The molecule has 1 atom stereocenters. The molecule has 0 spiro atoms. The summed E-state index contributed by atoms with van der Waals surface area (Å²) < 4.78 is 25.9. The summed E-state index contributed by atoms with van der Waals surface area (Å²) in [5, 5.41) is 13.9. The summed E-state index contributed by atoms with van der Waals surface area (Å²) in [6.07, 6.45) is -0.478. The predicted octanol–water partition coefficient (Wildman–Crippen LogP) is 2.02. The predicted molar refractivity (Wildman–Crippen MR) is 71.2 cm³/mol. The van der Waals surface area contributed by atoms with Crippen molar-refractivity contribution in [1.82, 2.24) is 15.5 Å². The first kappa shape index (κ1) is 16.2. The van der Waals surface area contributed by atoms with Crippen LogP contribution in [0.25, 0.3) is 0 Å². The number of carbonyl (C=O) groups excluding carboxylic acids is 1.